The van der Waals surface area contributed by atoms with Crippen LogP contribution in [0.15, 0.2) is 84.9 Å². The van der Waals surface area contributed by atoms with Crippen molar-refractivity contribution in [2.45, 2.75) is 23.9 Å². The molecule has 0 bridgehead atoms. The number of alkyl halides is 9. The van der Waals surface area contributed by atoms with Gasteiger partial charge >= 0.3 is 18.5 Å². The summed E-state index contributed by atoms with van der Waals surface area (Å²) in [6.07, 6.45) is -16.7. The lowest BCUT2D eigenvalue weighted by Crippen LogP contribution is -2.54. The quantitative estimate of drug-likeness (QED) is 0.170. The summed E-state index contributed by atoms with van der Waals surface area (Å²) < 4.78 is 150. The Labute approximate surface area is 231 Å². The summed E-state index contributed by atoms with van der Waals surface area (Å²) in [4.78, 5) is 0. The minimum Gasteiger partial charge on any atom is -0.457 e. The van der Waals surface area contributed by atoms with E-state index in [1.54, 1.807) is 0 Å². The number of hydrogen-bond acceptors (Lipinski definition) is 4. The molecule has 0 atom stereocenters. The van der Waals surface area contributed by atoms with Gasteiger partial charge in [0.15, 0.2) is 0 Å². The molecule has 0 spiro atoms. The molecule has 0 amide bonds. The highest BCUT2D eigenvalue weighted by molar-refractivity contribution is 5.53. The molecule has 0 aliphatic heterocycles. The lowest BCUT2D eigenvalue weighted by atomic mass is 9.73. The summed E-state index contributed by atoms with van der Waals surface area (Å²) in [5.74, 6) is -1.88. The molecule has 0 fully saturated rings. The van der Waals surface area contributed by atoms with Crippen molar-refractivity contribution in [3.8, 4) is 23.0 Å². The fourth-order valence-electron chi connectivity index (χ4n) is 4.22. The molecule has 0 unspecified atom stereocenters. The molecule has 0 aliphatic carbocycles. The van der Waals surface area contributed by atoms with Crippen molar-refractivity contribution < 1.29 is 53.4 Å². The van der Waals surface area contributed by atoms with Crippen LogP contribution in [-0.4, -0.2) is 12.4 Å². The van der Waals surface area contributed by atoms with Crippen LogP contribution in [0.4, 0.5) is 55.3 Å². The van der Waals surface area contributed by atoms with Crippen molar-refractivity contribution in [2.24, 2.45) is 0 Å². The first-order valence-corrected chi connectivity index (χ1v) is 11.7. The van der Waals surface area contributed by atoms with Crippen molar-refractivity contribution in [2.75, 3.05) is 11.5 Å². The molecular weight excluding hydrogens is 586 g/mol. The molecular formula is C28H18F10N2O2. The molecule has 14 heteroatoms. The second-order valence-corrected chi connectivity index (χ2v) is 8.93. The number of hydrogen-bond donors (Lipinski definition) is 2. The van der Waals surface area contributed by atoms with Gasteiger partial charge in [-0.3, -0.25) is 0 Å². The van der Waals surface area contributed by atoms with Gasteiger partial charge in [0.05, 0.1) is 11.3 Å². The first-order valence-electron chi connectivity index (χ1n) is 11.7. The van der Waals surface area contributed by atoms with Crippen LogP contribution in [0, 0.1) is 5.82 Å². The van der Waals surface area contributed by atoms with Crippen LogP contribution in [0.5, 0.6) is 23.0 Å². The zero-order valence-electron chi connectivity index (χ0n) is 20.8. The first-order chi connectivity index (χ1) is 19.4. The summed E-state index contributed by atoms with van der Waals surface area (Å²) in [7, 11) is 0. The number of ether oxygens (including phenoxy) is 2. The Kier molecular flexibility index (Phi) is 7.70. The molecule has 0 aliphatic rings. The van der Waals surface area contributed by atoms with Crippen LogP contribution >= 0.6 is 0 Å². The predicted molar refractivity (Wildman–Crippen MR) is 133 cm³/mol. The van der Waals surface area contributed by atoms with E-state index >= 15 is 0 Å². The number of benzene rings is 4. The van der Waals surface area contributed by atoms with E-state index in [0.717, 1.165) is 48.5 Å². The van der Waals surface area contributed by atoms with Crippen molar-refractivity contribution in [3.05, 3.63) is 107 Å². The van der Waals surface area contributed by atoms with Gasteiger partial charge in [-0.2, -0.15) is 39.5 Å². The van der Waals surface area contributed by atoms with Crippen LogP contribution in [0.3, 0.4) is 0 Å². The van der Waals surface area contributed by atoms with Gasteiger partial charge in [-0.25, -0.2) is 4.39 Å². The molecule has 4 aromatic rings. The van der Waals surface area contributed by atoms with E-state index in [1.165, 1.54) is 6.07 Å². The molecule has 0 aromatic heterocycles. The third kappa shape index (κ3) is 5.74. The highest BCUT2D eigenvalue weighted by Crippen LogP contribution is 2.56. The second-order valence-electron chi connectivity index (χ2n) is 8.93. The fourth-order valence-corrected chi connectivity index (χ4v) is 4.22. The average molecular weight is 604 g/mol. The summed E-state index contributed by atoms with van der Waals surface area (Å²) in [5.41, 5.74) is 1.67. The normalized spacial score (nSPS) is 12.7. The largest absolute Gasteiger partial charge is 0.457 e. The predicted octanol–water partition coefficient (Wildman–Crippen LogP) is 9.00. The van der Waals surface area contributed by atoms with Crippen LogP contribution in [0.1, 0.15) is 16.7 Å². The molecule has 4 rings (SSSR count). The van der Waals surface area contributed by atoms with E-state index in [-0.39, 0.29) is 22.9 Å². The smallest absolute Gasteiger partial charge is 0.418 e. The van der Waals surface area contributed by atoms with Gasteiger partial charge in [0.2, 0.25) is 5.41 Å². The van der Waals surface area contributed by atoms with Gasteiger partial charge in [-0.1, -0.05) is 24.3 Å². The van der Waals surface area contributed by atoms with E-state index < -0.39 is 57.9 Å². The van der Waals surface area contributed by atoms with Crippen molar-refractivity contribution >= 4 is 11.4 Å². The molecule has 4 nitrogen and oxygen atoms in total. The zero-order valence-corrected chi connectivity index (χ0v) is 20.8. The summed E-state index contributed by atoms with van der Waals surface area (Å²) >= 11 is 0. The first kappa shape index (κ1) is 30.3. The third-order valence-electron chi connectivity index (χ3n) is 6.20. The Morgan fingerprint density at radius 2 is 0.857 bits per heavy atom. The zero-order chi connectivity index (χ0) is 31.1. The van der Waals surface area contributed by atoms with E-state index in [9.17, 15) is 43.9 Å². The maximum atomic E-state index is 14.5. The Bertz CT molecular complexity index is 1550. The Hall–Kier alpha value is -4.62. The molecule has 4 N–H and O–H groups in total. The van der Waals surface area contributed by atoms with E-state index in [1.807, 2.05) is 0 Å². The van der Waals surface area contributed by atoms with Crippen LogP contribution in [0.25, 0.3) is 0 Å². The van der Waals surface area contributed by atoms with Crippen LogP contribution < -0.4 is 20.9 Å². The van der Waals surface area contributed by atoms with E-state index in [2.05, 4.69) is 0 Å². The lowest BCUT2D eigenvalue weighted by Gasteiger charge is -2.38. The van der Waals surface area contributed by atoms with E-state index in [4.69, 9.17) is 20.9 Å². The van der Waals surface area contributed by atoms with Crippen LogP contribution in [-0.2, 0) is 11.6 Å². The molecule has 42 heavy (non-hydrogen) atoms. The molecule has 0 heterocycles. The fraction of sp³-hybridized carbons (Fsp3) is 0.143. The average Bonchev–Trinajstić information content (AvgIpc) is 2.87. The van der Waals surface area contributed by atoms with Gasteiger partial charge in [0, 0.05) is 11.8 Å². The number of anilines is 2. The molecule has 222 valence electrons. The Morgan fingerprint density at radius 1 is 0.476 bits per heavy atom. The molecule has 0 saturated carbocycles. The van der Waals surface area contributed by atoms with Gasteiger partial charge in [-0.15, -0.1) is 0 Å². The number of rotatable bonds is 6. The minimum atomic E-state index is -5.91. The van der Waals surface area contributed by atoms with Gasteiger partial charge in [0.25, 0.3) is 0 Å². The maximum absolute atomic E-state index is 14.5. The van der Waals surface area contributed by atoms with Crippen LogP contribution in [0.2, 0.25) is 0 Å². The van der Waals surface area contributed by atoms with Crippen molar-refractivity contribution in [3.63, 3.8) is 0 Å². The third-order valence-corrected chi connectivity index (χ3v) is 6.20. The number of halogens is 10. The summed E-state index contributed by atoms with van der Waals surface area (Å²) in [6.45, 7) is 0. The maximum Gasteiger partial charge on any atom is 0.418 e. The van der Waals surface area contributed by atoms with Gasteiger partial charge in [-0.05, 0) is 65.7 Å². The topological polar surface area (TPSA) is 70.5 Å². The standard InChI is InChI=1S/C28H18F10N2O2/c29-22-14-20(10-12-24(22)40)42-18-7-3-16(4-8-18)25(27(33,34)35,28(36,37)38)15-1-5-17(6-2-15)41-19-9-11-23(39)21(13-19)26(30,31)32/h1-14H,39-40H2. The lowest BCUT2D eigenvalue weighted by molar-refractivity contribution is -0.288. The Balaban J connectivity index is 1.71. The highest BCUT2D eigenvalue weighted by atomic mass is 19.4. The number of nitrogens with two attached hydrogens (primary N) is 2. The van der Waals surface area contributed by atoms with E-state index in [0.29, 0.717) is 30.3 Å². The number of nitrogen functional groups attached to an aromatic ring is 2. The van der Waals surface area contributed by atoms with Gasteiger partial charge < -0.3 is 20.9 Å². The Morgan fingerprint density at radius 3 is 1.24 bits per heavy atom. The van der Waals surface area contributed by atoms with Crippen molar-refractivity contribution in [1.82, 2.24) is 0 Å². The molecule has 0 saturated heterocycles. The van der Waals surface area contributed by atoms with Crippen molar-refractivity contribution in [1.29, 1.82) is 0 Å². The SMILES string of the molecule is Nc1ccc(Oc2ccc(C(c3ccc(Oc4ccc(N)c(C(F)(F)F)c4)cc3)(C(F)(F)F)C(F)(F)F)cc2)cc1F. The molecule has 0 radical (unpaired) electrons. The molecule has 4 aromatic carbocycles. The summed E-state index contributed by atoms with van der Waals surface area (Å²) in [6, 6.07) is 11.2. The minimum absolute atomic E-state index is 0.105. The van der Waals surface area contributed by atoms with Gasteiger partial charge in [0.1, 0.15) is 28.8 Å². The monoisotopic (exact) mass is 604 g/mol. The summed E-state index contributed by atoms with van der Waals surface area (Å²) in [5, 5.41) is 0. The second kappa shape index (κ2) is 10.7. The highest BCUT2D eigenvalue weighted by Gasteiger charge is 2.72.